The number of halogens is 1. The number of hydrogen-bond acceptors (Lipinski definition) is 3. The molecule has 20 heavy (non-hydrogen) atoms. The Labute approximate surface area is 129 Å². The Kier molecular flexibility index (Phi) is 5.35. The first kappa shape index (κ1) is 15.2. The summed E-state index contributed by atoms with van der Waals surface area (Å²) in [6, 6.07) is 2.46. The summed E-state index contributed by atoms with van der Waals surface area (Å²) in [6.07, 6.45) is 8.55. The van der Waals surface area contributed by atoms with E-state index in [1.54, 1.807) is 0 Å². The molecule has 1 N–H and O–H groups in total. The summed E-state index contributed by atoms with van der Waals surface area (Å²) in [5.41, 5.74) is 2.22. The maximum absolute atomic E-state index is 4.67. The lowest BCUT2D eigenvalue weighted by atomic mass is 10.0. The molecule has 0 fully saturated rings. The predicted octanol–water partition coefficient (Wildman–Crippen LogP) is 4.84. The number of aromatic nitrogens is 2. The van der Waals surface area contributed by atoms with Crippen molar-refractivity contribution >= 4 is 27.3 Å². The van der Waals surface area contributed by atoms with Gasteiger partial charge < -0.3 is 5.32 Å². The van der Waals surface area contributed by atoms with Crippen LogP contribution in [0.3, 0.4) is 0 Å². The van der Waals surface area contributed by atoms with Gasteiger partial charge in [-0.25, -0.2) is 9.97 Å². The van der Waals surface area contributed by atoms with E-state index in [1.807, 2.05) is 13.0 Å². The number of anilines is 1. The number of nitrogens with zero attached hydrogens (tertiary/aromatic N) is 2. The van der Waals surface area contributed by atoms with Crippen LogP contribution in [0, 0.1) is 6.92 Å². The SMILES string of the molecule is CCCC(C)Nc1cc(C)nc(C2=CC=C(Br)CC2)n1. The molecule has 0 aromatic carbocycles. The summed E-state index contributed by atoms with van der Waals surface area (Å²) in [5.74, 6) is 1.79. The molecule has 1 aliphatic rings. The molecule has 0 bridgehead atoms. The third-order valence-corrected chi connectivity index (χ3v) is 4.02. The summed E-state index contributed by atoms with van der Waals surface area (Å²) < 4.78 is 1.24. The highest BCUT2D eigenvalue weighted by Gasteiger charge is 2.12. The van der Waals surface area contributed by atoms with Crippen molar-refractivity contribution in [2.75, 3.05) is 5.32 Å². The Morgan fingerprint density at radius 2 is 2.10 bits per heavy atom. The molecule has 0 spiro atoms. The molecule has 2 rings (SSSR count). The molecule has 1 atom stereocenters. The Hall–Kier alpha value is -1.16. The molecule has 3 nitrogen and oxygen atoms in total. The zero-order valence-electron chi connectivity index (χ0n) is 12.4. The van der Waals surface area contributed by atoms with Crippen molar-refractivity contribution < 1.29 is 0 Å². The quantitative estimate of drug-likeness (QED) is 0.836. The molecule has 0 amide bonds. The van der Waals surface area contributed by atoms with Crippen molar-refractivity contribution in [2.24, 2.45) is 0 Å². The smallest absolute Gasteiger partial charge is 0.157 e. The van der Waals surface area contributed by atoms with Crippen LogP contribution >= 0.6 is 15.9 Å². The van der Waals surface area contributed by atoms with Crippen molar-refractivity contribution in [3.8, 4) is 0 Å². The van der Waals surface area contributed by atoms with E-state index in [2.05, 4.69) is 57.2 Å². The molecule has 0 saturated heterocycles. The summed E-state index contributed by atoms with van der Waals surface area (Å²) >= 11 is 3.53. The molecule has 1 heterocycles. The standard InChI is InChI=1S/C16H22BrN3/c1-4-5-11(2)18-15-10-12(3)19-16(20-15)13-6-8-14(17)9-7-13/h6,8,10-11H,4-5,7,9H2,1-3H3,(H,18,19,20). The minimum atomic E-state index is 0.441. The summed E-state index contributed by atoms with van der Waals surface area (Å²) in [6.45, 7) is 6.42. The van der Waals surface area contributed by atoms with Crippen molar-refractivity contribution in [1.82, 2.24) is 9.97 Å². The third-order valence-electron chi connectivity index (χ3n) is 3.36. The fraction of sp³-hybridized carbons (Fsp3) is 0.500. The van der Waals surface area contributed by atoms with Crippen molar-refractivity contribution in [3.63, 3.8) is 0 Å². The van der Waals surface area contributed by atoms with E-state index in [4.69, 9.17) is 0 Å². The number of nitrogens with one attached hydrogen (secondary N) is 1. The highest BCUT2D eigenvalue weighted by molar-refractivity contribution is 9.11. The van der Waals surface area contributed by atoms with Crippen molar-refractivity contribution in [3.05, 3.63) is 34.2 Å². The maximum Gasteiger partial charge on any atom is 0.157 e. The molecule has 1 aliphatic carbocycles. The topological polar surface area (TPSA) is 37.8 Å². The van der Waals surface area contributed by atoms with Crippen molar-refractivity contribution in [2.45, 2.75) is 52.5 Å². The van der Waals surface area contributed by atoms with E-state index < -0.39 is 0 Å². The zero-order chi connectivity index (χ0) is 14.5. The van der Waals surface area contributed by atoms with E-state index in [0.717, 1.165) is 36.6 Å². The largest absolute Gasteiger partial charge is 0.367 e. The molecule has 0 radical (unpaired) electrons. The van der Waals surface area contributed by atoms with Crippen molar-refractivity contribution in [1.29, 1.82) is 0 Å². The van der Waals surface area contributed by atoms with E-state index in [9.17, 15) is 0 Å². The highest BCUT2D eigenvalue weighted by atomic mass is 79.9. The Balaban J connectivity index is 2.20. The molecule has 1 unspecified atom stereocenters. The van der Waals surface area contributed by atoms with Gasteiger partial charge in [0.25, 0.3) is 0 Å². The van der Waals surface area contributed by atoms with Gasteiger partial charge >= 0.3 is 0 Å². The van der Waals surface area contributed by atoms with Crippen LogP contribution in [-0.2, 0) is 0 Å². The normalized spacial score (nSPS) is 16.4. The number of hydrogen-bond donors (Lipinski definition) is 1. The average Bonchev–Trinajstić information content (AvgIpc) is 2.39. The molecule has 1 aromatic rings. The second-order valence-electron chi connectivity index (χ2n) is 5.36. The Bertz CT molecular complexity index is 535. The molecule has 0 aliphatic heterocycles. The first-order chi connectivity index (χ1) is 9.58. The lowest BCUT2D eigenvalue weighted by Gasteiger charge is -2.16. The molecule has 1 aromatic heterocycles. The monoisotopic (exact) mass is 335 g/mol. The first-order valence-electron chi connectivity index (χ1n) is 7.26. The first-order valence-corrected chi connectivity index (χ1v) is 8.05. The Morgan fingerprint density at radius 1 is 1.30 bits per heavy atom. The molecule has 4 heteroatoms. The fourth-order valence-electron chi connectivity index (χ4n) is 2.34. The van der Waals surface area contributed by atoms with Crippen LogP contribution in [0.5, 0.6) is 0 Å². The molecule has 0 saturated carbocycles. The van der Waals surface area contributed by atoms with Gasteiger partial charge in [-0.1, -0.05) is 41.4 Å². The molecular weight excluding hydrogens is 314 g/mol. The lowest BCUT2D eigenvalue weighted by Crippen LogP contribution is -2.16. The molecule has 108 valence electrons. The van der Waals surface area contributed by atoms with Crippen LogP contribution in [0.1, 0.15) is 51.0 Å². The second-order valence-corrected chi connectivity index (χ2v) is 6.38. The minimum Gasteiger partial charge on any atom is -0.367 e. The van der Waals surface area contributed by atoms with Gasteiger partial charge in [-0.15, -0.1) is 0 Å². The van der Waals surface area contributed by atoms with Crippen LogP contribution < -0.4 is 5.32 Å². The van der Waals surface area contributed by atoms with Gasteiger partial charge in [0, 0.05) is 17.8 Å². The summed E-state index contributed by atoms with van der Waals surface area (Å²) in [5, 5.41) is 3.47. The van der Waals surface area contributed by atoms with Gasteiger partial charge in [0.2, 0.25) is 0 Å². The summed E-state index contributed by atoms with van der Waals surface area (Å²) in [4.78, 5) is 9.24. The number of rotatable bonds is 5. The third kappa shape index (κ3) is 4.17. The number of aryl methyl sites for hydroxylation is 1. The predicted molar refractivity (Wildman–Crippen MR) is 89.0 cm³/mol. The minimum absolute atomic E-state index is 0.441. The van der Waals surface area contributed by atoms with E-state index >= 15 is 0 Å². The van der Waals surface area contributed by atoms with Gasteiger partial charge in [-0.2, -0.15) is 0 Å². The van der Waals surface area contributed by atoms with Crippen LogP contribution in [0.2, 0.25) is 0 Å². The highest BCUT2D eigenvalue weighted by Crippen LogP contribution is 2.28. The lowest BCUT2D eigenvalue weighted by molar-refractivity contribution is 0.686. The van der Waals surface area contributed by atoms with Crippen LogP contribution in [-0.4, -0.2) is 16.0 Å². The maximum atomic E-state index is 4.67. The zero-order valence-corrected chi connectivity index (χ0v) is 14.0. The van der Waals surface area contributed by atoms with E-state index in [0.29, 0.717) is 6.04 Å². The second kappa shape index (κ2) is 7.02. The fourth-order valence-corrected chi connectivity index (χ4v) is 2.67. The Morgan fingerprint density at radius 3 is 2.75 bits per heavy atom. The van der Waals surface area contributed by atoms with Crippen LogP contribution in [0.4, 0.5) is 5.82 Å². The van der Waals surface area contributed by atoms with E-state index in [-0.39, 0.29) is 0 Å². The van der Waals surface area contributed by atoms with Crippen LogP contribution in [0.25, 0.3) is 5.57 Å². The van der Waals surface area contributed by atoms with Gasteiger partial charge in [0.15, 0.2) is 5.82 Å². The summed E-state index contributed by atoms with van der Waals surface area (Å²) in [7, 11) is 0. The van der Waals surface area contributed by atoms with Gasteiger partial charge in [0.1, 0.15) is 5.82 Å². The van der Waals surface area contributed by atoms with E-state index in [1.165, 1.54) is 16.5 Å². The van der Waals surface area contributed by atoms with Gasteiger partial charge in [0.05, 0.1) is 0 Å². The van der Waals surface area contributed by atoms with Gasteiger partial charge in [-0.05, 0) is 43.2 Å². The average molecular weight is 336 g/mol. The number of allylic oxidation sites excluding steroid dienone is 4. The van der Waals surface area contributed by atoms with Gasteiger partial charge in [-0.3, -0.25) is 0 Å². The molecular formula is C16H22BrN3. The van der Waals surface area contributed by atoms with Crippen LogP contribution in [0.15, 0.2) is 22.7 Å².